The Morgan fingerprint density at radius 3 is 2.48 bits per heavy atom. The summed E-state index contributed by atoms with van der Waals surface area (Å²) in [7, 11) is 0. The van der Waals surface area contributed by atoms with E-state index in [1.54, 1.807) is 11.8 Å². The van der Waals surface area contributed by atoms with Gasteiger partial charge in [0.15, 0.2) is 6.61 Å². The zero-order chi connectivity index (χ0) is 21.4. The standard InChI is InChI=1S/C23H29BrN2O3/c1-5-13-25-23(28)18(4)26(14-19-9-11-20(24)12-10-19)22(27)15-29-21-8-6-7-16(2)17(21)3/h6-12,18H,5,13-15H2,1-4H3,(H,25,28)/t18-/m1/s1. The highest BCUT2D eigenvalue weighted by Gasteiger charge is 2.26. The SMILES string of the molecule is CCCNC(=O)[C@@H](C)N(Cc1ccc(Br)cc1)C(=O)COc1cccc(C)c1C. The lowest BCUT2D eigenvalue weighted by Gasteiger charge is -2.29. The Kier molecular flexibility index (Phi) is 8.70. The molecule has 2 amide bonds. The minimum Gasteiger partial charge on any atom is -0.483 e. The van der Waals surface area contributed by atoms with Crippen molar-refractivity contribution in [1.29, 1.82) is 0 Å². The molecule has 2 aromatic carbocycles. The van der Waals surface area contributed by atoms with Crippen LogP contribution in [-0.2, 0) is 16.1 Å². The van der Waals surface area contributed by atoms with Gasteiger partial charge in [0.1, 0.15) is 11.8 Å². The number of nitrogens with zero attached hydrogens (tertiary/aromatic N) is 1. The first kappa shape index (κ1) is 22.9. The Hall–Kier alpha value is -2.34. The fraction of sp³-hybridized carbons (Fsp3) is 0.391. The van der Waals surface area contributed by atoms with Gasteiger partial charge in [0.25, 0.3) is 5.91 Å². The van der Waals surface area contributed by atoms with Crippen molar-refractivity contribution in [2.24, 2.45) is 0 Å². The number of rotatable bonds is 9. The molecule has 0 radical (unpaired) electrons. The number of carbonyl (C=O) groups is 2. The molecule has 0 aliphatic heterocycles. The van der Waals surface area contributed by atoms with Crippen LogP contribution < -0.4 is 10.1 Å². The highest BCUT2D eigenvalue weighted by atomic mass is 79.9. The molecule has 29 heavy (non-hydrogen) atoms. The maximum absolute atomic E-state index is 13.0. The number of hydrogen-bond acceptors (Lipinski definition) is 3. The van der Waals surface area contributed by atoms with Crippen LogP contribution in [-0.4, -0.2) is 35.9 Å². The molecule has 0 spiro atoms. The first-order valence-corrected chi connectivity index (χ1v) is 10.6. The summed E-state index contributed by atoms with van der Waals surface area (Å²) in [5, 5.41) is 2.87. The van der Waals surface area contributed by atoms with E-state index in [2.05, 4.69) is 21.2 Å². The van der Waals surface area contributed by atoms with Gasteiger partial charge in [-0.15, -0.1) is 0 Å². The second-order valence-electron chi connectivity index (χ2n) is 7.10. The number of aryl methyl sites for hydroxylation is 1. The van der Waals surface area contributed by atoms with Gasteiger partial charge in [0, 0.05) is 17.6 Å². The van der Waals surface area contributed by atoms with Crippen molar-refractivity contribution in [1.82, 2.24) is 10.2 Å². The van der Waals surface area contributed by atoms with Crippen molar-refractivity contribution < 1.29 is 14.3 Å². The summed E-state index contributed by atoms with van der Waals surface area (Å²) < 4.78 is 6.76. The van der Waals surface area contributed by atoms with Gasteiger partial charge in [-0.1, -0.05) is 47.1 Å². The zero-order valence-corrected chi connectivity index (χ0v) is 19.1. The molecule has 0 saturated carbocycles. The lowest BCUT2D eigenvalue weighted by molar-refractivity contribution is -0.142. The van der Waals surface area contributed by atoms with E-state index in [1.807, 2.05) is 63.2 Å². The van der Waals surface area contributed by atoms with E-state index < -0.39 is 6.04 Å². The van der Waals surface area contributed by atoms with Gasteiger partial charge in [-0.3, -0.25) is 9.59 Å². The third kappa shape index (κ3) is 6.60. The van der Waals surface area contributed by atoms with Crippen LogP contribution in [0.3, 0.4) is 0 Å². The second-order valence-corrected chi connectivity index (χ2v) is 8.02. The number of nitrogens with one attached hydrogen (secondary N) is 1. The van der Waals surface area contributed by atoms with E-state index in [4.69, 9.17) is 4.74 Å². The van der Waals surface area contributed by atoms with Crippen molar-refractivity contribution in [2.75, 3.05) is 13.2 Å². The molecule has 0 aromatic heterocycles. The quantitative estimate of drug-likeness (QED) is 0.603. The Balaban J connectivity index is 2.15. The third-order valence-corrected chi connectivity index (χ3v) is 5.42. The number of amides is 2. The van der Waals surface area contributed by atoms with E-state index in [0.29, 0.717) is 18.8 Å². The normalized spacial score (nSPS) is 11.6. The molecule has 0 bridgehead atoms. The van der Waals surface area contributed by atoms with Crippen LogP contribution in [0.1, 0.15) is 37.0 Å². The maximum Gasteiger partial charge on any atom is 0.261 e. The van der Waals surface area contributed by atoms with Crippen LogP contribution in [0.25, 0.3) is 0 Å². The average molecular weight is 461 g/mol. The molecule has 1 atom stereocenters. The summed E-state index contributed by atoms with van der Waals surface area (Å²) >= 11 is 3.42. The van der Waals surface area contributed by atoms with Crippen molar-refractivity contribution in [3.05, 3.63) is 63.6 Å². The average Bonchev–Trinajstić information content (AvgIpc) is 2.71. The lowest BCUT2D eigenvalue weighted by Crippen LogP contribution is -2.49. The highest BCUT2D eigenvalue weighted by molar-refractivity contribution is 9.10. The molecule has 0 aliphatic carbocycles. The molecule has 0 heterocycles. The summed E-state index contributed by atoms with van der Waals surface area (Å²) in [5.74, 6) is 0.294. The Labute approximate surface area is 181 Å². The predicted molar refractivity (Wildman–Crippen MR) is 119 cm³/mol. The first-order chi connectivity index (χ1) is 13.8. The fourth-order valence-corrected chi connectivity index (χ4v) is 3.13. The van der Waals surface area contributed by atoms with Crippen LogP contribution in [0.15, 0.2) is 46.9 Å². The Morgan fingerprint density at radius 2 is 1.83 bits per heavy atom. The second kappa shape index (κ2) is 11.0. The van der Waals surface area contributed by atoms with E-state index in [1.165, 1.54) is 0 Å². The van der Waals surface area contributed by atoms with E-state index >= 15 is 0 Å². The molecule has 5 nitrogen and oxygen atoms in total. The molecule has 2 aromatic rings. The summed E-state index contributed by atoms with van der Waals surface area (Å²) in [6, 6.07) is 12.9. The molecule has 0 aliphatic rings. The van der Waals surface area contributed by atoms with Crippen LogP contribution >= 0.6 is 15.9 Å². The molecule has 0 unspecified atom stereocenters. The summed E-state index contributed by atoms with van der Waals surface area (Å²) in [6.07, 6.45) is 0.842. The highest BCUT2D eigenvalue weighted by Crippen LogP contribution is 2.21. The molecular weight excluding hydrogens is 432 g/mol. The largest absolute Gasteiger partial charge is 0.483 e. The van der Waals surface area contributed by atoms with Gasteiger partial charge < -0.3 is 15.0 Å². The molecule has 6 heteroatoms. The Bertz CT molecular complexity index is 837. The molecule has 0 fully saturated rings. The summed E-state index contributed by atoms with van der Waals surface area (Å²) in [6.45, 7) is 8.52. The molecule has 0 saturated heterocycles. The van der Waals surface area contributed by atoms with E-state index in [0.717, 1.165) is 27.6 Å². The number of carbonyl (C=O) groups excluding carboxylic acids is 2. The monoisotopic (exact) mass is 460 g/mol. The number of ether oxygens (including phenoxy) is 1. The minimum absolute atomic E-state index is 0.119. The minimum atomic E-state index is -0.597. The molecule has 2 rings (SSSR count). The van der Waals surface area contributed by atoms with Gasteiger partial charge in [0.05, 0.1) is 0 Å². The number of hydrogen-bond donors (Lipinski definition) is 1. The van der Waals surface area contributed by atoms with E-state index in [9.17, 15) is 9.59 Å². The number of halogens is 1. The van der Waals surface area contributed by atoms with E-state index in [-0.39, 0.29) is 18.4 Å². The van der Waals surface area contributed by atoms with Crippen molar-refractivity contribution >= 4 is 27.7 Å². The van der Waals surface area contributed by atoms with Gasteiger partial charge in [0.2, 0.25) is 5.91 Å². The maximum atomic E-state index is 13.0. The van der Waals surface area contributed by atoms with Crippen LogP contribution in [0.5, 0.6) is 5.75 Å². The zero-order valence-electron chi connectivity index (χ0n) is 17.5. The van der Waals surface area contributed by atoms with Crippen LogP contribution in [0.4, 0.5) is 0 Å². The third-order valence-electron chi connectivity index (χ3n) is 4.89. The van der Waals surface area contributed by atoms with Gasteiger partial charge in [-0.25, -0.2) is 0 Å². The number of benzene rings is 2. The Morgan fingerprint density at radius 1 is 1.14 bits per heavy atom. The summed E-state index contributed by atoms with van der Waals surface area (Å²) in [5.41, 5.74) is 3.06. The summed E-state index contributed by atoms with van der Waals surface area (Å²) in [4.78, 5) is 27.1. The van der Waals surface area contributed by atoms with Gasteiger partial charge >= 0.3 is 0 Å². The van der Waals surface area contributed by atoms with Gasteiger partial charge in [-0.05, 0) is 62.1 Å². The van der Waals surface area contributed by atoms with Crippen molar-refractivity contribution in [2.45, 2.75) is 46.7 Å². The van der Waals surface area contributed by atoms with Crippen molar-refractivity contribution in [3.8, 4) is 5.75 Å². The van der Waals surface area contributed by atoms with Crippen LogP contribution in [0.2, 0.25) is 0 Å². The fourth-order valence-electron chi connectivity index (χ4n) is 2.87. The molecule has 156 valence electrons. The van der Waals surface area contributed by atoms with Gasteiger partial charge in [-0.2, -0.15) is 0 Å². The van der Waals surface area contributed by atoms with Crippen molar-refractivity contribution in [3.63, 3.8) is 0 Å². The molecular formula is C23H29BrN2O3. The smallest absolute Gasteiger partial charge is 0.261 e. The molecule has 1 N–H and O–H groups in total. The topological polar surface area (TPSA) is 58.6 Å². The van der Waals surface area contributed by atoms with Crippen LogP contribution in [0, 0.1) is 13.8 Å². The first-order valence-electron chi connectivity index (χ1n) is 9.84. The lowest BCUT2D eigenvalue weighted by atomic mass is 10.1. The predicted octanol–water partition coefficient (Wildman–Crippen LogP) is 4.39.